The zero-order chi connectivity index (χ0) is 34.7. The second-order valence-electron chi connectivity index (χ2n) is 14.3. The number of carbonyl (C=O) groups excluding carboxylic acids is 6. The minimum Gasteiger partial charge on any atom is -0.363 e. The molecule has 0 radical (unpaired) electrons. The van der Waals surface area contributed by atoms with E-state index in [1.54, 1.807) is 11.9 Å². The van der Waals surface area contributed by atoms with Crippen molar-refractivity contribution in [3.05, 3.63) is 35.9 Å². The van der Waals surface area contributed by atoms with Crippen molar-refractivity contribution in [2.24, 2.45) is 23.0 Å². The van der Waals surface area contributed by atoms with Crippen LogP contribution in [0.15, 0.2) is 30.3 Å². The molecular formula is C35H54N6O6. The Morgan fingerprint density at radius 1 is 0.915 bits per heavy atom. The largest absolute Gasteiger partial charge is 0.363 e. The summed E-state index contributed by atoms with van der Waals surface area (Å²) in [6.07, 6.45) is 9.40. The third-order valence-electron chi connectivity index (χ3n) is 9.40. The Morgan fingerprint density at radius 2 is 1.53 bits per heavy atom. The van der Waals surface area contributed by atoms with Crippen molar-refractivity contribution in [1.29, 1.82) is 0 Å². The van der Waals surface area contributed by atoms with Crippen LogP contribution in [0, 0.1) is 17.3 Å². The van der Waals surface area contributed by atoms with Gasteiger partial charge in [0.2, 0.25) is 24.0 Å². The molecule has 260 valence electrons. The van der Waals surface area contributed by atoms with E-state index in [0.29, 0.717) is 13.0 Å². The molecule has 12 nitrogen and oxygen atoms in total. The van der Waals surface area contributed by atoms with Gasteiger partial charge >= 0.3 is 6.03 Å². The van der Waals surface area contributed by atoms with Crippen molar-refractivity contribution in [3.63, 3.8) is 0 Å². The van der Waals surface area contributed by atoms with Gasteiger partial charge in [-0.05, 0) is 68.3 Å². The minimum atomic E-state index is -0.985. The first kappa shape index (κ1) is 37.5. The number of ketones is 1. The Morgan fingerprint density at radius 3 is 2.04 bits per heavy atom. The number of urea groups is 1. The monoisotopic (exact) mass is 654 g/mol. The number of nitrogens with zero attached hydrogens (tertiary/aromatic N) is 2. The number of nitrogens with two attached hydrogens (primary N) is 1. The van der Waals surface area contributed by atoms with E-state index < -0.39 is 41.3 Å². The number of Topliss-reactive ketones (excluding diaryl/α,β-unsaturated/α-hetero) is 1. The fourth-order valence-corrected chi connectivity index (χ4v) is 6.49. The van der Waals surface area contributed by atoms with Crippen molar-refractivity contribution in [2.75, 3.05) is 13.6 Å². The second-order valence-corrected chi connectivity index (χ2v) is 14.3. The van der Waals surface area contributed by atoms with Crippen LogP contribution < -0.4 is 21.7 Å². The molecule has 1 aliphatic heterocycles. The molecule has 3 aliphatic rings. The zero-order valence-electron chi connectivity index (χ0n) is 28.6. The van der Waals surface area contributed by atoms with E-state index in [4.69, 9.17) is 5.73 Å². The third-order valence-corrected chi connectivity index (χ3v) is 9.40. The Kier molecular flexibility index (Phi) is 13.8. The predicted molar refractivity (Wildman–Crippen MR) is 179 cm³/mol. The van der Waals surface area contributed by atoms with Crippen LogP contribution in [0.25, 0.3) is 0 Å². The fourth-order valence-electron chi connectivity index (χ4n) is 6.49. The number of carbonyl (C=O) groups is 6. The third kappa shape index (κ3) is 11.1. The number of amides is 6. The number of hydrogen-bond donors (Lipinski definition) is 4. The molecule has 5 N–H and O–H groups in total. The summed E-state index contributed by atoms with van der Waals surface area (Å²) in [5.41, 5.74) is 5.33. The highest BCUT2D eigenvalue weighted by atomic mass is 16.2. The molecular weight excluding hydrogens is 600 g/mol. The number of likely N-dealkylation sites (N-methyl/N-ethyl adjacent to an activating group) is 1. The van der Waals surface area contributed by atoms with Gasteiger partial charge in [0.1, 0.15) is 12.1 Å². The van der Waals surface area contributed by atoms with Crippen molar-refractivity contribution in [2.45, 2.75) is 116 Å². The lowest BCUT2D eigenvalue weighted by molar-refractivity contribution is -0.138. The second kappa shape index (κ2) is 17.3. The molecule has 1 aromatic carbocycles. The maximum atomic E-state index is 13.5. The Labute approximate surface area is 278 Å². The van der Waals surface area contributed by atoms with Crippen LogP contribution in [-0.4, -0.2) is 83.5 Å². The molecule has 2 saturated carbocycles. The quantitative estimate of drug-likeness (QED) is 0.199. The van der Waals surface area contributed by atoms with E-state index in [0.717, 1.165) is 63.5 Å². The van der Waals surface area contributed by atoms with Crippen molar-refractivity contribution in [3.8, 4) is 0 Å². The van der Waals surface area contributed by atoms with Gasteiger partial charge in [-0.3, -0.25) is 24.0 Å². The minimum absolute atomic E-state index is 0.0249. The zero-order valence-corrected chi connectivity index (χ0v) is 28.6. The summed E-state index contributed by atoms with van der Waals surface area (Å²) >= 11 is 0. The van der Waals surface area contributed by atoms with Gasteiger partial charge in [-0.15, -0.1) is 0 Å². The van der Waals surface area contributed by atoms with Crippen LogP contribution in [0.2, 0.25) is 0 Å². The molecule has 1 heterocycles. The van der Waals surface area contributed by atoms with Crippen molar-refractivity contribution in [1.82, 2.24) is 25.8 Å². The number of rotatable bonds is 12. The summed E-state index contributed by atoms with van der Waals surface area (Å²) in [5.74, 6) is -1.57. The molecule has 47 heavy (non-hydrogen) atoms. The number of nitrogens with one attached hydrogen (secondary N) is 3. The van der Waals surface area contributed by atoms with Gasteiger partial charge in [0.05, 0.1) is 6.04 Å². The van der Waals surface area contributed by atoms with Gasteiger partial charge in [-0.25, -0.2) is 4.79 Å². The van der Waals surface area contributed by atoms with E-state index >= 15 is 0 Å². The Bertz CT molecular complexity index is 1240. The summed E-state index contributed by atoms with van der Waals surface area (Å²) in [6, 6.07) is 7.61. The smallest absolute Gasteiger partial charge is 0.316 e. The molecule has 4 atom stereocenters. The van der Waals surface area contributed by atoms with E-state index in [2.05, 4.69) is 22.9 Å². The summed E-state index contributed by atoms with van der Waals surface area (Å²) in [7, 11) is 1.76. The van der Waals surface area contributed by atoms with Crippen LogP contribution in [0.1, 0.15) is 91.0 Å². The molecule has 0 spiro atoms. The Balaban J connectivity index is 0.000000420. The van der Waals surface area contributed by atoms with Gasteiger partial charge in [0.15, 0.2) is 0 Å². The predicted octanol–water partition coefficient (Wildman–Crippen LogP) is 2.88. The van der Waals surface area contributed by atoms with Gasteiger partial charge in [0.25, 0.3) is 5.91 Å². The van der Waals surface area contributed by atoms with Crippen LogP contribution in [0.4, 0.5) is 4.79 Å². The highest BCUT2D eigenvalue weighted by molar-refractivity contribution is 6.37. The molecule has 1 saturated heterocycles. The normalized spacial score (nSPS) is 20.0. The van der Waals surface area contributed by atoms with Crippen LogP contribution in [-0.2, 0) is 30.5 Å². The lowest BCUT2D eigenvalue weighted by Gasteiger charge is -2.36. The van der Waals surface area contributed by atoms with Gasteiger partial charge < -0.3 is 31.5 Å². The summed E-state index contributed by atoms with van der Waals surface area (Å²) < 4.78 is 0. The molecule has 0 aromatic heterocycles. The van der Waals surface area contributed by atoms with Crippen LogP contribution in [0.5, 0.6) is 0 Å². The Hall–Kier alpha value is -3.96. The number of primary amides is 1. The van der Waals surface area contributed by atoms with E-state index in [1.807, 2.05) is 56.0 Å². The van der Waals surface area contributed by atoms with E-state index in [9.17, 15) is 28.8 Å². The first-order valence-electron chi connectivity index (χ1n) is 16.9. The molecule has 2 aliphatic carbocycles. The summed E-state index contributed by atoms with van der Waals surface area (Å²) in [6.45, 7) is 9.14. The average molecular weight is 655 g/mol. The number of likely N-dealkylation sites (tertiary alicyclic amines) is 1. The maximum Gasteiger partial charge on any atom is 0.316 e. The number of benzene rings is 1. The van der Waals surface area contributed by atoms with Crippen molar-refractivity contribution >= 4 is 35.9 Å². The summed E-state index contributed by atoms with van der Waals surface area (Å²) in [5, 5.41) is 8.25. The summed E-state index contributed by atoms with van der Waals surface area (Å²) in [4.78, 5) is 75.3. The standard InChI is InChI=1S/C28H44N4O3.C7H10N2O3/c1-20-13-12-18-32(20)25(33)23(22-16-10-7-11-17-22)29-27(35)30-24(28(2,3)4)26(34)31(5)19-21-14-8-6-9-15-21;8-7(12)6(11)5(9-3-10)4-1-2-4/h6,8-9,14-15,20,22-24H,7,10-13,16-19H2,1-5H3,(H2,29,30,35);3-5H,1-2H2,(H2,8,12)(H,9,10). The maximum absolute atomic E-state index is 13.5. The van der Waals surface area contributed by atoms with Crippen LogP contribution >= 0.6 is 0 Å². The average Bonchev–Trinajstić information content (AvgIpc) is 3.79. The molecule has 4 rings (SSSR count). The highest BCUT2D eigenvalue weighted by Crippen LogP contribution is 2.33. The van der Waals surface area contributed by atoms with Crippen molar-refractivity contribution < 1.29 is 28.8 Å². The molecule has 4 unspecified atom stereocenters. The molecule has 6 amide bonds. The first-order valence-corrected chi connectivity index (χ1v) is 16.9. The van der Waals surface area contributed by atoms with Gasteiger partial charge in [-0.2, -0.15) is 0 Å². The van der Waals surface area contributed by atoms with Crippen LogP contribution in [0.3, 0.4) is 0 Å². The topological polar surface area (TPSA) is 171 Å². The fraction of sp³-hybridized carbons (Fsp3) is 0.657. The lowest BCUT2D eigenvalue weighted by Crippen LogP contribution is -2.60. The SMILES string of the molecule is CC1CCCN1C(=O)C(NC(=O)NC(C(=O)N(C)Cc1ccccc1)C(C)(C)C)C1CCCCC1.NC(=O)C(=O)C(NC=O)C1CC1. The highest BCUT2D eigenvalue weighted by Gasteiger charge is 2.40. The first-order chi connectivity index (χ1) is 22.2. The van der Waals surface area contributed by atoms with Gasteiger partial charge in [-0.1, -0.05) is 70.4 Å². The van der Waals surface area contributed by atoms with Gasteiger partial charge in [0, 0.05) is 26.2 Å². The van der Waals surface area contributed by atoms with E-state index in [-0.39, 0.29) is 29.7 Å². The molecule has 0 bridgehead atoms. The molecule has 1 aromatic rings. The number of hydrogen-bond acceptors (Lipinski definition) is 6. The molecule has 3 fully saturated rings. The lowest BCUT2D eigenvalue weighted by atomic mass is 9.83. The van der Waals surface area contributed by atoms with E-state index in [1.165, 1.54) is 6.42 Å². The molecule has 12 heteroatoms.